The van der Waals surface area contributed by atoms with Crippen molar-refractivity contribution in [3.05, 3.63) is 5.89 Å². The highest BCUT2D eigenvalue weighted by atomic mass is 19.3. The van der Waals surface area contributed by atoms with Crippen LogP contribution in [0.4, 0.5) is 14.8 Å². The van der Waals surface area contributed by atoms with Crippen LogP contribution in [0.2, 0.25) is 0 Å². The van der Waals surface area contributed by atoms with Crippen molar-refractivity contribution in [2.45, 2.75) is 43.6 Å². The lowest BCUT2D eigenvalue weighted by Crippen LogP contribution is -2.33. The van der Waals surface area contributed by atoms with Gasteiger partial charge in [0.25, 0.3) is 0 Å². The molecule has 18 heavy (non-hydrogen) atoms. The number of aromatic nitrogens is 2. The topological polar surface area (TPSA) is 60.2 Å². The molecule has 5 nitrogen and oxygen atoms in total. The van der Waals surface area contributed by atoms with Crippen LogP contribution in [-0.4, -0.2) is 35.4 Å². The molecular weight excluding hydrogens is 244 g/mol. The molecule has 7 heteroatoms. The lowest BCUT2D eigenvalue weighted by atomic mass is 9.81. The second kappa shape index (κ2) is 4.46. The summed E-state index contributed by atoms with van der Waals surface area (Å²) in [6.45, 7) is 1.40. The van der Waals surface area contributed by atoms with E-state index in [-0.39, 0.29) is 30.9 Å². The second-order valence-corrected chi connectivity index (χ2v) is 4.92. The minimum absolute atomic E-state index is 0.174. The number of nitrogens with one attached hydrogen (secondary N) is 1. The third-order valence-corrected chi connectivity index (χ3v) is 3.38. The summed E-state index contributed by atoms with van der Waals surface area (Å²) in [4.78, 5) is 0. The summed E-state index contributed by atoms with van der Waals surface area (Å²) in [5, 5.41) is 10.6. The predicted octanol–water partition coefficient (Wildman–Crippen LogP) is 2.17. The maximum atomic E-state index is 12.7. The van der Waals surface area contributed by atoms with Gasteiger partial charge in [-0.2, -0.15) is 0 Å². The maximum Gasteiger partial charge on any atom is 0.315 e. The number of alkyl halides is 2. The molecule has 1 saturated heterocycles. The third-order valence-electron chi connectivity index (χ3n) is 3.38. The zero-order valence-electron chi connectivity index (χ0n) is 9.86. The standard InChI is InChI=1S/C11H15F2N3O2/c12-11(13)4-7(5-11)9-15-16-10(18-9)14-6-8-2-1-3-17-8/h7-8H,1-6H2,(H,14,16). The average Bonchev–Trinajstić information content (AvgIpc) is 2.94. The van der Waals surface area contributed by atoms with E-state index in [2.05, 4.69) is 15.5 Å². The van der Waals surface area contributed by atoms with E-state index >= 15 is 0 Å². The molecule has 0 amide bonds. The average molecular weight is 259 g/mol. The van der Waals surface area contributed by atoms with E-state index in [1.165, 1.54) is 0 Å². The van der Waals surface area contributed by atoms with Crippen molar-refractivity contribution >= 4 is 6.01 Å². The van der Waals surface area contributed by atoms with E-state index in [1.807, 2.05) is 0 Å². The number of rotatable bonds is 4. The highest BCUT2D eigenvalue weighted by Gasteiger charge is 2.48. The summed E-state index contributed by atoms with van der Waals surface area (Å²) in [5.74, 6) is -2.56. The molecule has 1 atom stereocenters. The summed E-state index contributed by atoms with van der Waals surface area (Å²) >= 11 is 0. The number of hydrogen-bond donors (Lipinski definition) is 1. The number of halogens is 2. The van der Waals surface area contributed by atoms with Gasteiger partial charge in [-0.25, -0.2) is 8.78 Å². The van der Waals surface area contributed by atoms with Crippen molar-refractivity contribution in [3.8, 4) is 0 Å². The van der Waals surface area contributed by atoms with E-state index in [9.17, 15) is 8.78 Å². The lowest BCUT2D eigenvalue weighted by Gasteiger charge is -2.32. The quantitative estimate of drug-likeness (QED) is 0.898. The minimum atomic E-state index is -2.57. The van der Waals surface area contributed by atoms with Gasteiger partial charge in [0.15, 0.2) is 0 Å². The fourth-order valence-corrected chi connectivity index (χ4v) is 2.31. The lowest BCUT2D eigenvalue weighted by molar-refractivity contribution is -0.0917. The Balaban J connectivity index is 1.50. The number of hydrogen-bond acceptors (Lipinski definition) is 5. The van der Waals surface area contributed by atoms with Gasteiger partial charge < -0.3 is 14.5 Å². The highest BCUT2D eigenvalue weighted by Crippen LogP contribution is 2.47. The molecule has 1 N–H and O–H groups in total. The van der Waals surface area contributed by atoms with E-state index in [4.69, 9.17) is 9.15 Å². The van der Waals surface area contributed by atoms with Crippen molar-refractivity contribution in [1.29, 1.82) is 0 Å². The van der Waals surface area contributed by atoms with E-state index in [0.717, 1.165) is 19.4 Å². The molecule has 100 valence electrons. The molecule has 0 radical (unpaired) electrons. The summed E-state index contributed by atoms with van der Waals surface area (Å²) in [6, 6.07) is 0.288. The fraction of sp³-hybridized carbons (Fsp3) is 0.818. The van der Waals surface area contributed by atoms with Crippen LogP contribution in [0, 0.1) is 0 Å². The molecular formula is C11H15F2N3O2. The Bertz CT molecular complexity index is 410. The third kappa shape index (κ3) is 2.45. The molecule has 1 saturated carbocycles. The summed E-state index contributed by atoms with van der Waals surface area (Å²) in [7, 11) is 0. The van der Waals surface area contributed by atoms with E-state index in [0.29, 0.717) is 12.4 Å². The van der Waals surface area contributed by atoms with E-state index < -0.39 is 5.92 Å². The van der Waals surface area contributed by atoms with Gasteiger partial charge in [-0.15, -0.1) is 5.10 Å². The van der Waals surface area contributed by atoms with Crippen LogP contribution >= 0.6 is 0 Å². The normalized spacial score (nSPS) is 27.1. The van der Waals surface area contributed by atoms with Crippen LogP contribution in [0.1, 0.15) is 37.5 Å². The fourth-order valence-electron chi connectivity index (χ4n) is 2.31. The summed E-state index contributed by atoms with van der Waals surface area (Å²) in [5.41, 5.74) is 0. The Morgan fingerprint density at radius 3 is 2.83 bits per heavy atom. The molecule has 1 aromatic rings. The molecule has 2 fully saturated rings. The van der Waals surface area contributed by atoms with Crippen molar-refractivity contribution in [3.63, 3.8) is 0 Å². The molecule has 1 aromatic heterocycles. The zero-order chi connectivity index (χ0) is 12.6. The summed E-state index contributed by atoms with van der Waals surface area (Å²) < 4.78 is 36.2. The zero-order valence-corrected chi connectivity index (χ0v) is 9.86. The Morgan fingerprint density at radius 1 is 1.33 bits per heavy atom. The van der Waals surface area contributed by atoms with Gasteiger partial charge in [-0.3, -0.25) is 0 Å². The van der Waals surface area contributed by atoms with Crippen molar-refractivity contribution < 1.29 is 17.9 Å². The van der Waals surface area contributed by atoms with Gasteiger partial charge in [0.1, 0.15) is 0 Å². The first-order valence-electron chi connectivity index (χ1n) is 6.19. The van der Waals surface area contributed by atoms with Crippen molar-refractivity contribution in [1.82, 2.24) is 10.2 Å². The van der Waals surface area contributed by atoms with Crippen molar-refractivity contribution in [2.75, 3.05) is 18.5 Å². The monoisotopic (exact) mass is 259 g/mol. The van der Waals surface area contributed by atoms with Crippen LogP contribution in [0.15, 0.2) is 4.42 Å². The Morgan fingerprint density at radius 2 is 2.17 bits per heavy atom. The first-order valence-corrected chi connectivity index (χ1v) is 6.19. The van der Waals surface area contributed by atoms with Gasteiger partial charge in [0.2, 0.25) is 11.8 Å². The molecule has 1 aliphatic carbocycles. The van der Waals surface area contributed by atoms with Crippen LogP contribution < -0.4 is 5.32 Å². The molecule has 1 aliphatic heterocycles. The number of ether oxygens (including phenoxy) is 1. The molecule has 0 bridgehead atoms. The van der Waals surface area contributed by atoms with Crippen LogP contribution in [-0.2, 0) is 4.74 Å². The SMILES string of the molecule is FC1(F)CC(c2nnc(NCC3CCCO3)o2)C1. The van der Waals surface area contributed by atoms with Gasteiger partial charge in [-0.1, -0.05) is 5.10 Å². The van der Waals surface area contributed by atoms with Crippen LogP contribution in [0.25, 0.3) is 0 Å². The molecule has 1 unspecified atom stereocenters. The first-order chi connectivity index (χ1) is 8.62. The first kappa shape index (κ1) is 11.8. The molecule has 0 spiro atoms. The predicted molar refractivity (Wildman–Crippen MR) is 58.7 cm³/mol. The Kier molecular flexibility index (Phi) is 2.93. The smallest absolute Gasteiger partial charge is 0.315 e. The molecule has 2 heterocycles. The number of anilines is 1. The van der Waals surface area contributed by atoms with E-state index in [1.54, 1.807) is 0 Å². The van der Waals surface area contributed by atoms with Crippen molar-refractivity contribution in [2.24, 2.45) is 0 Å². The Labute approximate surface area is 103 Å². The highest BCUT2D eigenvalue weighted by molar-refractivity contribution is 5.19. The van der Waals surface area contributed by atoms with Gasteiger partial charge in [-0.05, 0) is 12.8 Å². The Hall–Kier alpha value is -1.24. The number of nitrogens with zero attached hydrogens (tertiary/aromatic N) is 2. The minimum Gasteiger partial charge on any atom is -0.408 e. The second-order valence-electron chi connectivity index (χ2n) is 4.92. The maximum absolute atomic E-state index is 12.7. The van der Waals surface area contributed by atoms with Crippen LogP contribution in [0.3, 0.4) is 0 Å². The van der Waals surface area contributed by atoms with Gasteiger partial charge in [0.05, 0.1) is 6.10 Å². The van der Waals surface area contributed by atoms with Crippen LogP contribution in [0.5, 0.6) is 0 Å². The molecule has 2 aliphatic rings. The molecule has 3 rings (SSSR count). The van der Waals surface area contributed by atoms with Gasteiger partial charge in [0, 0.05) is 31.9 Å². The molecule has 0 aromatic carbocycles. The summed E-state index contributed by atoms with van der Waals surface area (Å²) in [6.07, 6.45) is 1.87. The van der Waals surface area contributed by atoms with Gasteiger partial charge >= 0.3 is 6.01 Å². The largest absolute Gasteiger partial charge is 0.408 e.